The van der Waals surface area contributed by atoms with E-state index in [9.17, 15) is 0 Å². The zero-order valence-corrected chi connectivity index (χ0v) is 10.3. The average Bonchev–Trinajstić information content (AvgIpc) is 2.46. The molecule has 0 bridgehead atoms. The molecule has 18 heavy (non-hydrogen) atoms. The highest BCUT2D eigenvalue weighted by Crippen LogP contribution is 2.26. The Kier molecular flexibility index (Phi) is 4.28. The number of benzene rings is 1. The summed E-state index contributed by atoms with van der Waals surface area (Å²) < 4.78 is 5.35. The Morgan fingerprint density at radius 3 is 2.78 bits per heavy atom. The van der Waals surface area contributed by atoms with E-state index in [1.807, 2.05) is 42.6 Å². The van der Waals surface area contributed by atoms with Crippen molar-refractivity contribution in [3.8, 4) is 5.75 Å². The Balaban J connectivity index is 2.23. The number of hydrogen-bond acceptors (Lipinski definition) is 4. The van der Waals surface area contributed by atoms with Gasteiger partial charge in [-0.1, -0.05) is 24.3 Å². The zero-order valence-electron chi connectivity index (χ0n) is 10.3. The summed E-state index contributed by atoms with van der Waals surface area (Å²) in [6.45, 7) is 0. The van der Waals surface area contributed by atoms with Crippen molar-refractivity contribution in [2.45, 2.75) is 12.5 Å². The van der Waals surface area contributed by atoms with Crippen molar-refractivity contribution in [1.82, 2.24) is 10.4 Å². The second-order valence-electron chi connectivity index (χ2n) is 4.03. The van der Waals surface area contributed by atoms with Gasteiger partial charge in [0.2, 0.25) is 0 Å². The predicted octanol–water partition coefficient (Wildman–Crippen LogP) is 1.84. The van der Waals surface area contributed by atoms with Crippen LogP contribution in [0.4, 0.5) is 0 Å². The first kappa shape index (κ1) is 12.5. The van der Waals surface area contributed by atoms with Crippen LogP contribution in [0.2, 0.25) is 0 Å². The molecule has 0 radical (unpaired) electrons. The quantitative estimate of drug-likeness (QED) is 0.621. The third kappa shape index (κ3) is 2.85. The van der Waals surface area contributed by atoms with Gasteiger partial charge in [0.15, 0.2) is 0 Å². The Labute approximate surface area is 107 Å². The van der Waals surface area contributed by atoms with E-state index >= 15 is 0 Å². The van der Waals surface area contributed by atoms with Gasteiger partial charge < -0.3 is 4.74 Å². The van der Waals surface area contributed by atoms with Crippen LogP contribution in [0.5, 0.6) is 5.75 Å². The number of nitrogens with zero attached hydrogens (tertiary/aromatic N) is 1. The summed E-state index contributed by atoms with van der Waals surface area (Å²) >= 11 is 0. The van der Waals surface area contributed by atoms with Crippen LogP contribution in [0.1, 0.15) is 17.2 Å². The third-order valence-electron chi connectivity index (χ3n) is 2.88. The summed E-state index contributed by atoms with van der Waals surface area (Å²) in [5.41, 5.74) is 5.01. The van der Waals surface area contributed by atoms with E-state index in [0.717, 1.165) is 23.3 Å². The Bertz CT molecular complexity index is 487. The van der Waals surface area contributed by atoms with Crippen molar-refractivity contribution in [3.05, 3.63) is 59.9 Å². The number of methoxy groups -OCH3 is 1. The van der Waals surface area contributed by atoms with Crippen LogP contribution in [-0.2, 0) is 6.42 Å². The summed E-state index contributed by atoms with van der Waals surface area (Å²) in [7, 11) is 1.66. The molecule has 4 heteroatoms. The van der Waals surface area contributed by atoms with E-state index in [-0.39, 0.29) is 6.04 Å². The minimum atomic E-state index is 0.00495. The highest BCUT2D eigenvalue weighted by Gasteiger charge is 2.14. The van der Waals surface area contributed by atoms with Crippen LogP contribution in [-0.4, -0.2) is 12.1 Å². The lowest BCUT2D eigenvalue weighted by Gasteiger charge is -2.18. The first-order valence-corrected chi connectivity index (χ1v) is 5.83. The summed E-state index contributed by atoms with van der Waals surface area (Å²) in [6.07, 6.45) is 4.38. The van der Waals surface area contributed by atoms with Gasteiger partial charge in [-0.05, 0) is 24.1 Å². The SMILES string of the molecule is COc1ccccc1C(Cc1cccnc1)NN. The zero-order chi connectivity index (χ0) is 12.8. The Morgan fingerprint density at radius 2 is 2.11 bits per heavy atom. The summed E-state index contributed by atoms with van der Waals surface area (Å²) in [6, 6.07) is 11.8. The topological polar surface area (TPSA) is 60.2 Å². The van der Waals surface area contributed by atoms with Gasteiger partial charge in [0, 0.05) is 18.0 Å². The van der Waals surface area contributed by atoms with Gasteiger partial charge >= 0.3 is 0 Å². The molecule has 3 N–H and O–H groups in total. The molecule has 1 atom stereocenters. The van der Waals surface area contributed by atoms with Crippen molar-refractivity contribution >= 4 is 0 Å². The van der Waals surface area contributed by atoms with Crippen molar-refractivity contribution in [3.63, 3.8) is 0 Å². The molecule has 2 aromatic rings. The molecular weight excluding hydrogens is 226 g/mol. The fraction of sp³-hybridized carbons (Fsp3) is 0.214. The lowest BCUT2D eigenvalue weighted by molar-refractivity contribution is 0.399. The minimum Gasteiger partial charge on any atom is -0.496 e. The monoisotopic (exact) mass is 243 g/mol. The first-order valence-electron chi connectivity index (χ1n) is 5.83. The Morgan fingerprint density at radius 1 is 1.28 bits per heavy atom. The maximum Gasteiger partial charge on any atom is 0.123 e. The number of nitrogens with two attached hydrogens (primary N) is 1. The molecule has 0 aliphatic carbocycles. The van der Waals surface area contributed by atoms with Gasteiger partial charge in [0.1, 0.15) is 5.75 Å². The fourth-order valence-electron chi connectivity index (χ4n) is 1.97. The van der Waals surface area contributed by atoms with Crippen LogP contribution in [0.3, 0.4) is 0 Å². The molecule has 4 nitrogen and oxygen atoms in total. The number of aromatic nitrogens is 1. The van der Waals surface area contributed by atoms with Gasteiger partial charge in [-0.25, -0.2) is 0 Å². The molecule has 1 aromatic heterocycles. The standard InChI is InChI=1S/C14H17N3O/c1-18-14-7-3-2-6-12(14)13(17-15)9-11-5-4-8-16-10-11/h2-8,10,13,17H,9,15H2,1H3. The smallest absolute Gasteiger partial charge is 0.123 e. The van der Waals surface area contributed by atoms with E-state index in [0.29, 0.717) is 0 Å². The predicted molar refractivity (Wildman–Crippen MR) is 71.0 cm³/mol. The molecular formula is C14H17N3O. The first-order chi connectivity index (χ1) is 8.85. The van der Waals surface area contributed by atoms with Gasteiger partial charge in [0.05, 0.1) is 13.2 Å². The number of pyridine rings is 1. The van der Waals surface area contributed by atoms with Crippen LogP contribution in [0.15, 0.2) is 48.8 Å². The third-order valence-corrected chi connectivity index (χ3v) is 2.88. The molecule has 1 unspecified atom stereocenters. The molecule has 0 aliphatic heterocycles. The summed E-state index contributed by atoms with van der Waals surface area (Å²) in [5, 5.41) is 0. The molecule has 0 saturated heterocycles. The molecule has 0 saturated carbocycles. The van der Waals surface area contributed by atoms with E-state index in [2.05, 4.69) is 10.4 Å². The highest BCUT2D eigenvalue weighted by atomic mass is 16.5. The van der Waals surface area contributed by atoms with E-state index in [4.69, 9.17) is 10.6 Å². The van der Waals surface area contributed by atoms with Crippen LogP contribution in [0, 0.1) is 0 Å². The number of hydrazine groups is 1. The number of para-hydroxylation sites is 1. The lowest BCUT2D eigenvalue weighted by Crippen LogP contribution is -2.29. The van der Waals surface area contributed by atoms with E-state index in [1.165, 1.54) is 0 Å². The van der Waals surface area contributed by atoms with Gasteiger partial charge in [-0.2, -0.15) is 0 Å². The molecule has 0 aliphatic rings. The minimum absolute atomic E-state index is 0.00495. The second kappa shape index (κ2) is 6.14. The lowest BCUT2D eigenvalue weighted by atomic mass is 9.99. The fourth-order valence-corrected chi connectivity index (χ4v) is 1.97. The maximum atomic E-state index is 5.65. The van der Waals surface area contributed by atoms with Gasteiger partial charge in [-0.15, -0.1) is 0 Å². The molecule has 0 spiro atoms. The van der Waals surface area contributed by atoms with Gasteiger partial charge in [0.25, 0.3) is 0 Å². The summed E-state index contributed by atoms with van der Waals surface area (Å²) in [5.74, 6) is 6.49. The van der Waals surface area contributed by atoms with Crippen LogP contribution < -0.4 is 16.0 Å². The van der Waals surface area contributed by atoms with Crippen molar-refractivity contribution in [2.24, 2.45) is 5.84 Å². The molecule has 0 fully saturated rings. The van der Waals surface area contributed by atoms with Crippen molar-refractivity contribution < 1.29 is 4.74 Å². The summed E-state index contributed by atoms with van der Waals surface area (Å²) in [4.78, 5) is 4.11. The molecule has 1 heterocycles. The van der Waals surface area contributed by atoms with E-state index < -0.39 is 0 Å². The molecule has 1 aromatic carbocycles. The van der Waals surface area contributed by atoms with Gasteiger partial charge in [-0.3, -0.25) is 16.3 Å². The number of nitrogens with one attached hydrogen (secondary N) is 1. The average molecular weight is 243 g/mol. The van der Waals surface area contributed by atoms with Crippen LogP contribution in [0.25, 0.3) is 0 Å². The number of rotatable bonds is 5. The molecule has 2 rings (SSSR count). The molecule has 0 amide bonds. The van der Waals surface area contributed by atoms with Crippen LogP contribution >= 0.6 is 0 Å². The van der Waals surface area contributed by atoms with E-state index in [1.54, 1.807) is 13.3 Å². The van der Waals surface area contributed by atoms with Crippen molar-refractivity contribution in [2.75, 3.05) is 7.11 Å². The largest absolute Gasteiger partial charge is 0.496 e. The molecule has 94 valence electrons. The highest BCUT2D eigenvalue weighted by molar-refractivity contribution is 5.36. The second-order valence-corrected chi connectivity index (χ2v) is 4.03. The maximum absolute atomic E-state index is 5.65. The van der Waals surface area contributed by atoms with Crippen molar-refractivity contribution in [1.29, 1.82) is 0 Å². The number of ether oxygens (including phenoxy) is 1. The number of hydrogen-bond donors (Lipinski definition) is 2. The normalized spacial score (nSPS) is 12.1. The Hall–Kier alpha value is -1.91.